The van der Waals surface area contributed by atoms with Crippen molar-refractivity contribution in [3.63, 3.8) is 0 Å². The Balaban J connectivity index is 2.16. The lowest BCUT2D eigenvalue weighted by atomic mass is 10.3. The lowest BCUT2D eigenvalue weighted by molar-refractivity contribution is 0.197. The Morgan fingerprint density at radius 1 is 1.42 bits per heavy atom. The van der Waals surface area contributed by atoms with E-state index in [1.54, 1.807) is 7.11 Å². The second kappa shape index (κ2) is 6.73. The van der Waals surface area contributed by atoms with Crippen LogP contribution in [0.5, 0.6) is 0 Å². The van der Waals surface area contributed by atoms with Crippen LogP contribution in [0.25, 0.3) is 5.69 Å². The normalized spacial score (nSPS) is 10.7. The maximum Gasteiger partial charge on any atom is 0.207 e. The van der Waals surface area contributed by atoms with E-state index in [0.717, 1.165) is 41.4 Å². The number of aromatic nitrogens is 2. The van der Waals surface area contributed by atoms with Crippen LogP contribution >= 0.6 is 15.9 Å². The summed E-state index contributed by atoms with van der Waals surface area (Å²) in [5.41, 5.74) is 2.08. The van der Waals surface area contributed by atoms with Crippen LogP contribution in [0.3, 0.4) is 0 Å². The van der Waals surface area contributed by atoms with Crippen molar-refractivity contribution in [3.8, 4) is 5.69 Å². The quantitative estimate of drug-likeness (QED) is 0.828. The minimum absolute atomic E-state index is 0.754. The van der Waals surface area contributed by atoms with Gasteiger partial charge in [-0.25, -0.2) is 4.98 Å². The molecule has 2 aromatic rings. The second-order valence-electron chi connectivity index (χ2n) is 4.33. The first-order chi connectivity index (χ1) is 9.20. The highest BCUT2D eigenvalue weighted by Gasteiger charge is 2.07. The van der Waals surface area contributed by atoms with Gasteiger partial charge in [-0.1, -0.05) is 22.0 Å². The van der Waals surface area contributed by atoms with Crippen LogP contribution in [0.15, 0.2) is 34.9 Å². The Hall–Kier alpha value is -1.33. The standard InChI is InChI=1S/C14H18BrN3O/c1-11-10-18(13-6-3-5-12(15)9-13)14(17-11)16-7-4-8-19-2/h3,5-6,9-10H,4,7-8H2,1-2H3,(H,16,17). The molecule has 5 heteroatoms. The molecule has 0 saturated carbocycles. The molecule has 0 aliphatic carbocycles. The fourth-order valence-corrected chi connectivity index (χ4v) is 2.25. The van der Waals surface area contributed by atoms with Crippen molar-refractivity contribution in [2.75, 3.05) is 25.6 Å². The first kappa shape index (κ1) is 14.1. The lowest BCUT2D eigenvalue weighted by Gasteiger charge is -2.09. The van der Waals surface area contributed by atoms with Gasteiger partial charge in [0.1, 0.15) is 0 Å². The van der Waals surface area contributed by atoms with Gasteiger partial charge in [-0.3, -0.25) is 4.57 Å². The van der Waals surface area contributed by atoms with Crippen LogP contribution in [-0.2, 0) is 4.74 Å². The molecule has 1 heterocycles. The number of nitrogens with zero attached hydrogens (tertiary/aromatic N) is 2. The van der Waals surface area contributed by atoms with Crippen molar-refractivity contribution in [1.29, 1.82) is 0 Å². The van der Waals surface area contributed by atoms with Crippen molar-refractivity contribution >= 4 is 21.9 Å². The summed E-state index contributed by atoms with van der Waals surface area (Å²) in [5.74, 6) is 0.867. The zero-order valence-electron chi connectivity index (χ0n) is 11.2. The fraction of sp³-hybridized carbons (Fsp3) is 0.357. The van der Waals surface area contributed by atoms with Crippen molar-refractivity contribution < 1.29 is 4.74 Å². The summed E-state index contributed by atoms with van der Waals surface area (Å²) in [4.78, 5) is 4.51. The molecular weight excluding hydrogens is 306 g/mol. The highest BCUT2D eigenvalue weighted by molar-refractivity contribution is 9.10. The maximum atomic E-state index is 5.04. The molecule has 1 aromatic heterocycles. The second-order valence-corrected chi connectivity index (χ2v) is 5.24. The number of halogens is 1. The van der Waals surface area contributed by atoms with Gasteiger partial charge in [0.2, 0.25) is 5.95 Å². The van der Waals surface area contributed by atoms with Crippen LogP contribution in [0.2, 0.25) is 0 Å². The minimum atomic E-state index is 0.754. The topological polar surface area (TPSA) is 39.1 Å². The fourth-order valence-electron chi connectivity index (χ4n) is 1.86. The number of hydrogen-bond donors (Lipinski definition) is 1. The monoisotopic (exact) mass is 323 g/mol. The summed E-state index contributed by atoms with van der Waals surface area (Å²) >= 11 is 3.49. The maximum absolute atomic E-state index is 5.04. The van der Waals surface area contributed by atoms with Crippen LogP contribution < -0.4 is 5.32 Å². The first-order valence-corrected chi connectivity index (χ1v) is 7.05. The summed E-state index contributed by atoms with van der Waals surface area (Å²) in [6.45, 7) is 3.59. The van der Waals surface area contributed by atoms with Crippen LogP contribution in [-0.4, -0.2) is 29.8 Å². The highest BCUT2D eigenvalue weighted by atomic mass is 79.9. The third kappa shape index (κ3) is 3.81. The molecule has 2 rings (SSSR count). The molecule has 102 valence electrons. The molecule has 0 fully saturated rings. The van der Waals surface area contributed by atoms with Crippen molar-refractivity contribution in [2.24, 2.45) is 0 Å². The lowest BCUT2D eigenvalue weighted by Crippen LogP contribution is -2.09. The van der Waals surface area contributed by atoms with E-state index >= 15 is 0 Å². The number of anilines is 1. The molecule has 0 aliphatic heterocycles. The van der Waals surface area contributed by atoms with Gasteiger partial charge in [0.15, 0.2) is 0 Å². The summed E-state index contributed by atoms with van der Waals surface area (Å²) in [6, 6.07) is 8.16. The van der Waals surface area contributed by atoms with Gasteiger partial charge in [-0.05, 0) is 31.5 Å². The minimum Gasteiger partial charge on any atom is -0.385 e. The summed E-state index contributed by atoms with van der Waals surface area (Å²) in [5, 5.41) is 3.34. The first-order valence-electron chi connectivity index (χ1n) is 6.25. The molecule has 0 aliphatic rings. The molecule has 0 unspecified atom stereocenters. The summed E-state index contributed by atoms with van der Waals surface area (Å²) < 4.78 is 8.16. The highest BCUT2D eigenvalue weighted by Crippen LogP contribution is 2.20. The Labute approximate surface area is 121 Å². The van der Waals surface area contributed by atoms with Gasteiger partial charge in [-0.15, -0.1) is 0 Å². The molecule has 0 atom stereocenters. The van der Waals surface area contributed by atoms with Crippen molar-refractivity contribution in [3.05, 3.63) is 40.6 Å². The van der Waals surface area contributed by atoms with Crippen molar-refractivity contribution in [1.82, 2.24) is 9.55 Å². The number of hydrogen-bond acceptors (Lipinski definition) is 3. The van der Waals surface area contributed by atoms with Crippen LogP contribution in [0, 0.1) is 6.92 Å². The average molecular weight is 324 g/mol. The summed E-state index contributed by atoms with van der Waals surface area (Å²) in [7, 11) is 1.71. The van der Waals surface area contributed by atoms with Gasteiger partial charge in [0.25, 0.3) is 0 Å². The molecule has 1 N–H and O–H groups in total. The predicted octanol–water partition coefficient (Wildman–Crippen LogP) is 3.39. The average Bonchev–Trinajstić information content (AvgIpc) is 2.76. The molecule has 0 bridgehead atoms. The van der Waals surface area contributed by atoms with E-state index < -0.39 is 0 Å². The van der Waals surface area contributed by atoms with E-state index in [1.807, 2.05) is 25.3 Å². The van der Waals surface area contributed by atoms with Crippen molar-refractivity contribution in [2.45, 2.75) is 13.3 Å². The van der Waals surface area contributed by atoms with Gasteiger partial charge in [-0.2, -0.15) is 0 Å². The third-order valence-corrected chi connectivity index (χ3v) is 3.21. The molecule has 0 spiro atoms. The molecule has 19 heavy (non-hydrogen) atoms. The smallest absolute Gasteiger partial charge is 0.207 e. The Kier molecular flexibility index (Phi) is 4.99. The number of rotatable bonds is 6. The molecule has 0 amide bonds. The van der Waals surface area contributed by atoms with Gasteiger partial charge in [0.05, 0.1) is 5.69 Å². The van der Waals surface area contributed by atoms with Crippen LogP contribution in [0.1, 0.15) is 12.1 Å². The number of methoxy groups -OCH3 is 1. The Bertz CT molecular complexity index is 539. The number of ether oxygens (including phenoxy) is 1. The SMILES string of the molecule is COCCCNc1nc(C)cn1-c1cccc(Br)c1. The van der Waals surface area contributed by atoms with E-state index in [1.165, 1.54) is 0 Å². The zero-order valence-corrected chi connectivity index (χ0v) is 12.8. The van der Waals surface area contributed by atoms with E-state index in [0.29, 0.717) is 0 Å². The predicted molar refractivity (Wildman–Crippen MR) is 81.0 cm³/mol. The number of nitrogens with one attached hydrogen (secondary N) is 1. The molecule has 1 aromatic carbocycles. The van der Waals surface area contributed by atoms with E-state index in [9.17, 15) is 0 Å². The van der Waals surface area contributed by atoms with Gasteiger partial charge >= 0.3 is 0 Å². The molecule has 0 radical (unpaired) electrons. The Morgan fingerprint density at radius 3 is 3.00 bits per heavy atom. The van der Waals surface area contributed by atoms with E-state index in [4.69, 9.17) is 4.74 Å². The van der Waals surface area contributed by atoms with Gasteiger partial charge in [0, 0.05) is 36.6 Å². The van der Waals surface area contributed by atoms with E-state index in [-0.39, 0.29) is 0 Å². The number of benzene rings is 1. The molecule has 0 saturated heterocycles. The van der Waals surface area contributed by atoms with Crippen LogP contribution in [0.4, 0.5) is 5.95 Å². The Morgan fingerprint density at radius 2 is 2.26 bits per heavy atom. The number of aryl methyl sites for hydroxylation is 1. The third-order valence-electron chi connectivity index (χ3n) is 2.72. The number of imidazole rings is 1. The largest absolute Gasteiger partial charge is 0.385 e. The van der Waals surface area contributed by atoms with Gasteiger partial charge < -0.3 is 10.1 Å². The molecular formula is C14H18BrN3O. The van der Waals surface area contributed by atoms with E-state index in [2.05, 4.69) is 42.9 Å². The summed E-state index contributed by atoms with van der Waals surface area (Å²) in [6.07, 6.45) is 2.99. The zero-order chi connectivity index (χ0) is 13.7. The molecule has 4 nitrogen and oxygen atoms in total.